The Morgan fingerprint density at radius 3 is 2.45 bits per heavy atom. The Balaban J connectivity index is 2.21. The fourth-order valence-corrected chi connectivity index (χ4v) is 4.18. The Morgan fingerprint density at radius 2 is 1.84 bits per heavy atom. The highest BCUT2D eigenvalue weighted by atomic mass is 32.2. The van der Waals surface area contributed by atoms with E-state index in [-0.39, 0.29) is 28.3 Å². The topological polar surface area (TPSA) is 132 Å². The summed E-state index contributed by atoms with van der Waals surface area (Å²) in [7, 11) is -2.52. The fourth-order valence-electron chi connectivity index (χ4n) is 3.00. The molecule has 0 bridgehead atoms. The normalized spacial score (nSPS) is 12.3. The lowest BCUT2D eigenvalue weighted by molar-refractivity contribution is 0.0316. The summed E-state index contributed by atoms with van der Waals surface area (Å²) in [5.41, 5.74) is 1.24. The molecule has 2 aromatic rings. The highest BCUT2D eigenvalue weighted by Gasteiger charge is 2.28. The largest absolute Gasteiger partial charge is 0.465 e. The van der Waals surface area contributed by atoms with E-state index in [2.05, 4.69) is 9.71 Å². The summed E-state index contributed by atoms with van der Waals surface area (Å²) in [6.45, 7) is 6.72. The highest BCUT2D eigenvalue weighted by molar-refractivity contribution is 7.89. The molecule has 0 amide bonds. The molecule has 9 nitrogen and oxygen atoms in total. The zero-order chi connectivity index (χ0) is 23.3. The summed E-state index contributed by atoms with van der Waals surface area (Å²) in [4.78, 5) is 40.0. The number of rotatable bonds is 9. The molecule has 1 aromatic heterocycles. The van der Waals surface area contributed by atoms with Crippen LogP contribution in [0.25, 0.3) is 0 Å². The van der Waals surface area contributed by atoms with Crippen LogP contribution in [0.4, 0.5) is 0 Å². The van der Waals surface area contributed by atoms with E-state index in [9.17, 15) is 22.8 Å². The molecule has 10 heteroatoms. The predicted octanol–water partition coefficient (Wildman–Crippen LogP) is 2.53. The smallest absolute Gasteiger partial charge is 0.339 e. The molecule has 2 rings (SSSR count). The number of aryl methyl sites for hydroxylation is 1. The first-order valence-corrected chi connectivity index (χ1v) is 11.1. The first kappa shape index (κ1) is 24.3. The number of ketones is 1. The Morgan fingerprint density at radius 1 is 1.16 bits per heavy atom. The van der Waals surface area contributed by atoms with Crippen LogP contribution >= 0.6 is 0 Å². The lowest BCUT2D eigenvalue weighted by atomic mass is 10.1. The van der Waals surface area contributed by atoms with Crippen molar-refractivity contribution in [2.45, 2.75) is 45.1 Å². The second kappa shape index (κ2) is 9.88. The van der Waals surface area contributed by atoms with Crippen LogP contribution in [0.1, 0.15) is 62.7 Å². The number of Topliss-reactive ketones (excluding diaryl/α,β-unsaturated/α-hetero) is 1. The van der Waals surface area contributed by atoms with Gasteiger partial charge in [0.15, 0.2) is 6.10 Å². The highest BCUT2D eigenvalue weighted by Crippen LogP contribution is 2.21. The number of sulfonamides is 1. The van der Waals surface area contributed by atoms with Crippen LogP contribution in [0.3, 0.4) is 0 Å². The lowest BCUT2D eigenvalue weighted by Gasteiger charge is -2.13. The Labute approximate surface area is 181 Å². The molecule has 1 aromatic carbocycles. The molecule has 0 radical (unpaired) electrons. The number of carbonyl (C=O) groups excluding carboxylic acids is 3. The third-order valence-electron chi connectivity index (χ3n) is 4.65. The number of esters is 2. The van der Waals surface area contributed by atoms with E-state index in [1.807, 2.05) is 6.92 Å². The van der Waals surface area contributed by atoms with Gasteiger partial charge in [-0.15, -0.1) is 0 Å². The van der Waals surface area contributed by atoms with Crippen LogP contribution in [0.15, 0.2) is 29.2 Å². The summed E-state index contributed by atoms with van der Waals surface area (Å²) in [5.74, 6) is -1.95. The summed E-state index contributed by atoms with van der Waals surface area (Å²) in [6, 6.07) is 5.38. The molecular weight excluding hydrogens is 424 g/mol. The molecule has 0 aliphatic carbocycles. The maximum absolute atomic E-state index is 12.8. The van der Waals surface area contributed by atoms with Crippen molar-refractivity contribution >= 4 is 27.7 Å². The number of aromatic amines is 1. The molecule has 1 atom stereocenters. The van der Waals surface area contributed by atoms with Gasteiger partial charge in [0.05, 0.1) is 28.8 Å². The quantitative estimate of drug-likeness (QED) is 0.443. The van der Waals surface area contributed by atoms with Gasteiger partial charge in [-0.05, 0) is 51.0 Å². The second-order valence-corrected chi connectivity index (χ2v) is 8.72. The van der Waals surface area contributed by atoms with Crippen molar-refractivity contribution in [1.82, 2.24) is 9.71 Å². The van der Waals surface area contributed by atoms with Crippen molar-refractivity contribution in [3.05, 3.63) is 52.3 Å². The van der Waals surface area contributed by atoms with Crippen molar-refractivity contribution in [3.63, 3.8) is 0 Å². The van der Waals surface area contributed by atoms with E-state index in [0.29, 0.717) is 17.7 Å². The number of benzene rings is 1. The molecule has 1 heterocycles. The minimum Gasteiger partial charge on any atom is -0.465 e. The summed E-state index contributed by atoms with van der Waals surface area (Å²) in [6.07, 6.45) is -0.552. The van der Waals surface area contributed by atoms with Crippen molar-refractivity contribution in [3.8, 4) is 0 Å². The Hall–Kier alpha value is -2.98. The van der Waals surface area contributed by atoms with E-state index in [1.54, 1.807) is 13.8 Å². The van der Waals surface area contributed by atoms with E-state index < -0.39 is 33.8 Å². The van der Waals surface area contributed by atoms with Gasteiger partial charge in [0, 0.05) is 12.2 Å². The SMILES string of the molecule is CCCNS(=O)(=O)c1cccc(C(=O)O[C@@H](C)C(=O)c2[nH]c(C)c(C(=O)OC)c2C)c1. The predicted molar refractivity (Wildman–Crippen MR) is 113 cm³/mol. The molecule has 0 spiro atoms. The minimum atomic E-state index is -3.76. The molecule has 2 N–H and O–H groups in total. The van der Waals surface area contributed by atoms with E-state index in [4.69, 9.17) is 9.47 Å². The van der Waals surface area contributed by atoms with Gasteiger partial charge in [0.1, 0.15) is 0 Å². The van der Waals surface area contributed by atoms with Gasteiger partial charge in [0.2, 0.25) is 15.8 Å². The summed E-state index contributed by atoms with van der Waals surface area (Å²) < 4.78 is 37.0. The van der Waals surface area contributed by atoms with Gasteiger partial charge >= 0.3 is 11.9 Å². The lowest BCUT2D eigenvalue weighted by Crippen LogP contribution is -2.26. The van der Waals surface area contributed by atoms with Crippen molar-refractivity contribution in [2.24, 2.45) is 0 Å². The van der Waals surface area contributed by atoms with Crippen molar-refractivity contribution in [2.75, 3.05) is 13.7 Å². The van der Waals surface area contributed by atoms with Gasteiger partial charge in [-0.1, -0.05) is 13.0 Å². The van der Waals surface area contributed by atoms with E-state index in [1.165, 1.54) is 38.3 Å². The Bertz CT molecular complexity index is 1100. The molecule has 0 saturated heterocycles. The van der Waals surface area contributed by atoms with E-state index in [0.717, 1.165) is 0 Å². The number of H-pyrrole nitrogens is 1. The van der Waals surface area contributed by atoms with Gasteiger partial charge in [-0.25, -0.2) is 22.7 Å². The molecule has 0 saturated carbocycles. The van der Waals surface area contributed by atoms with Crippen LogP contribution in [0.5, 0.6) is 0 Å². The molecule has 168 valence electrons. The van der Waals surface area contributed by atoms with Crippen molar-refractivity contribution < 1.29 is 32.3 Å². The third kappa shape index (κ3) is 5.39. The van der Waals surface area contributed by atoms with Gasteiger partial charge in [0.25, 0.3) is 0 Å². The molecule has 0 unspecified atom stereocenters. The van der Waals surface area contributed by atoms with Crippen molar-refractivity contribution in [1.29, 1.82) is 0 Å². The number of hydrogen-bond acceptors (Lipinski definition) is 7. The summed E-state index contributed by atoms with van der Waals surface area (Å²) in [5, 5.41) is 0. The fraction of sp³-hybridized carbons (Fsp3) is 0.381. The van der Waals surface area contributed by atoms with Gasteiger partial charge < -0.3 is 14.5 Å². The molecular formula is C21H26N2O7S. The Kier molecular flexibility index (Phi) is 7.75. The molecule has 0 aliphatic rings. The summed E-state index contributed by atoms with van der Waals surface area (Å²) >= 11 is 0. The second-order valence-electron chi connectivity index (χ2n) is 6.95. The van der Waals surface area contributed by atoms with Crippen LogP contribution < -0.4 is 4.72 Å². The first-order chi connectivity index (χ1) is 14.5. The average Bonchev–Trinajstić information content (AvgIpc) is 3.05. The number of hydrogen-bond donors (Lipinski definition) is 2. The number of carbonyl (C=O) groups is 3. The average molecular weight is 451 g/mol. The monoisotopic (exact) mass is 450 g/mol. The van der Waals surface area contributed by atoms with Gasteiger partial charge in [-0.2, -0.15) is 0 Å². The van der Waals surface area contributed by atoms with Crippen LogP contribution in [-0.4, -0.2) is 50.9 Å². The zero-order valence-corrected chi connectivity index (χ0v) is 18.9. The standard InChI is InChI=1S/C21H26N2O7S/c1-6-10-22-31(27,28)16-9-7-8-15(11-16)20(25)30-14(4)19(24)18-12(2)17(13(3)23-18)21(26)29-5/h7-9,11,14,22-23H,6,10H2,1-5H3/t14-/m0/s1. The van der Waals surface area contributed by atoms with Gasteiger partial charge in [-0.3, -0.25) is 4.79 Å². The number of nitrogens with one attached hydrogen (secondary N) is 2. The van der Waals surface area contributed by atoms with Crippen LogP contribution in [0.2, 0.25) is 0 Å². The number of methoxy groups -OCH3 is 1. The maximum atomic E-state index is 12.8. The van der Waals surface area contributed by atoms with Crippen LogP contribution in [0, 0.1) is 13.8 Å². The number of ether oxygens (including phenoxy) is 2. The molecule has 0 fully saturated rings. The molecule has 31 heavy (non-hydrogen) atoms. The minimum absolute atomic E-state index is 0.00587. The maximum Gasteiger partial charge on any atom is 0.339 e. The van der Waals surface area contributed by atoms with E-state index >= 15 is 0 Å². The number of aromatic nitrogens is 1. The molecule has 0 aliphatic heterocycles. The third-order valence-corrected chi connectivity index (χ3v) is 6.11. The van der Waals surface area contributed by atoms with Crippen LogP contribution in [-0.2, 0) is 19.5 Å². The first-order valence-electron chi connectivity index (χ1n) is 9.65. The zero-order valence-electron chi connectivity index (χ0n) is 18.1.